The van der Waals surface area contributed by atoms with Crippen LogP contribution < -0.4 is 5.32 Å². The van der Waals surface area contributed by atoms with E-state index in [1.54, 1.807) is 35.6 Å². The number of alkyl halides is 1. The zero-order chi connectivity index (χ0) is 12.1. The Kier molecular flexibility index (Phi) is 3.66. The molecule has 2 aromatic heterocycles. The molecule has 1 amide bonds. The largest absolute Gasteiger partial charge is 0.325 e. The molecule has 0 aliphatic carbocycles. The molecule has 0 saturated heterocycles. The van der Waals surface area contributed by atoms with E-state index in [1.165, 1.54) is 0 Å². The summed E-state index contributed by atoms with van der Waals surface area (Å²) < 4.78 is 1.67. The highest BCUT2D eigenvalue weighted by Crippen LogP contribution is 2.09. The van der Waals surface area contributed by atoms with E-state index in [4.69, 9.17) is 11.6 Å². The predicted molar refractivity (Wildman–Crippen MR) is 63.1 cm³/mol. The highest BCUT2D eigenvalue weighted by atomic mass is 35.5. The van der Waals surface area contributed by atoms with Crippen LogP contribution in [0.3, 0.4) is 0 Å². The van der Waals surface area contributed by atoms with E-state index >= 15 is 0 Å². The number of amides is 1. The lowest BCUT2D eigenvalue weighted by molar-refractivity contribution is -0.115. The standard InChI is InChI=1S/C10H10ClN5O/c11-4-3-10(17)15-8-1-2-9(12-5-8)16-6-13-14-7-16/h1-2,5-7H,3-4H2,(H,15,17). The van der Waals surface area contributed by atoms with Gasteiger partial charge in [0.25, 0.3) is 0 Å². The minimum Gasteiger partial charge on any atom is -0.325 e. The van der Waals surface area contributed by atoms with Crippen molar-refractivity contribution >= 4 is 23.2 Å². The van der Waals surface area contributed by atoms with Gasteiger partial charge in [-0.15, -0.1) is 21.8 Å². The van der Waals surface area contributed by atoms with Crippen molar-refractivity contribution in [3.8, 4) is 5.82 Å². The average Bonchev–Trinajstić information content (AvgIpc) is 2.84. The number of aromatic nitrogens is 4. The number of carbonyl (C=O) groups is 1. The SMILES string of the molecule is O=C(CCCl)Nc1ccc(-n2cnnc2)nc1. The molecule has 0 unspecified atom stereocenters. The molecule has 1 N–H and O–H groups in total. The molecule has 0 bridgehead atoms. The summed E-state index contributed by atoms with van der Waals surface area (Å²) in [5, 5.41) is 10.1. The smallest absolute Gasteiger partial charge is 0.225 e. The lowest BCUT2D eigenvalue weighted by atomic mass is 10.3. The van der Waals surface area contributed by atoms with Crippen LogP contribution in [0.1, 0.15) is 6.42 Å². The molecule has 0 spiro atoms. The lowest BCUT2D eigenvalue weighted by Gasteiger charge is -2.04. The third-order valence-corrected chi connectivity index (χ3v) is 2.23. The van der Waals surface area contributed by atoms with Crippen molar-refractivity contribution in [2.24, 2.45) is 0 Å². The molecule has 6 nitrogen and oxygen atoms in total. The molecule has 0 aliphatic heterocycles. The van der Waals surface area contributed by atoms with Crippen LogP contribution in [0.2, 0.25) is 0 Å². The topological polar surface area (TPSA) is 72.7 Å². The van der Waals surface area contributed by atoms with E-state index in [-0.39, 0.29) is 12.3 Å². The fraction of sp³-hybridized carbons (Fsp3) is 0.200. The number of carbonyl (C=O) groups excluding carboxylic acids is 1. The van der Waals surface area contributed by atoms with Crippen molar-refractivity contribution in [1.82, 2.24) is 19.7 Å². The zero-order valence-electron chi connectivity index (χ0n) is 8.88. The predicted octanol–water partition coefficient (Wildman–Crippen LogP) is 1.23. The third-order valence-electron chi connectivity index (χ3n) is 2.04. The van der Waals surface area contributed by atoms with Crippen LogP contribution in [0.25, 0.3) is 5.82 Å². The first kappa shape index (κ1) is 11.5. The van der Waals surface area contributed by atoms with E-state index < -0.39 is 0 Å². The second kappa shape index (κ2) is 5.40. The van der Waals surface area contributed by atoms with Crippen LogP contribution >= 0.6 is 11.6 Å². The van der Waals surface area contributed by atoms with Gasteiger partial charge >= 0.3 is 0 Å². The number of rotatable bonds is 4. The number of hydrogen-bond donors (Lipinski definition) is 1. The molecule has 0 fully saturated rings. The third kappa shape index (κ3) is 3.01. The molecule has 0 aliphatic rings. The Bertz CT molecular complexity index is 482. The Morgan fingerprint density at radius 3 is 2.71 bits per heavy atom. The van der Waals surface area contributed by atoms with Crippen molar-refractivity contribution in [3.05, 3.63) is 31.0 Å². The highest BCUT2D eigenvalue weighted by molar-refractivity contribution is 6.19. The van der Waals surface area contributed by atoms with Crippen LogP contribution in [-0.4, -0.2) is 31.5 Å². The van der Waals surface area contributed by atoms with Gasteiger partial charge < -0.3 is 5.32 Å². The van der Waals surface area contributed by atoms with Crippen molar-refractivity contribution in [3.63, 3.8) is 0 Å². The Labute approximate surface area is 103 Å². The molecular formula is C10H10ClN5O. The Morgan fingerprint density at radius 2 is 2.12 bits per heavy atom. The van der Waals surface area contributed by atoms with Gasteiger partial charge in [-0.2, -0.15) is 0 Å². The molecule has 88 valence electrons. The Morgan fingerprint density at radius 1 is 1.35 bits per heavy atom. The Balaban J connectivity index is 2.06. The molecule has 0 radical (unpaired) electrons. The number of hydrogen-bond acceptors (Lipinski definition) is 4. The normalized spacial score (nSPS) is 10.2. The second-order valence-electron chi connectivity index (χ2n) is 3.26. The van der Waals surface area contributed by atoms with E-state index in [1.807, 2.05) is 0 Å². The van der Waals surface area contributed by atoms with Gasteiger partial charge in [-0.3, -0.25) is 9.36 Å². The monoisotopic (exact) mass is 251 g/mol. The van der Waals surface area contributed by atoms with E-state index in [0.29, 0.717) is 17.4 Å². The van der Waals surface area contributed by atoms with Gasteiger partial charge in [0.1, 0.15) is 18.5 Å². The van der Waals surface area contributed by atoms with Gasteiger partial charge in [0.05, 0.1) is 11.9 Å². The molecule has 7 heteroatoms. The summed E-state index contributed by atoms with van der Waals surface area (Å²) in [5.41, 5.74) is 0.636. The number of nitrogens with one attached hydrogen (secondary N) is 1. The lowest BCUT2D eigenvalue weighted by Crippen LogP contribution is -2.12. The number of halogens is 1. The fourth-order valence-electron chi connectivity index (χ4n) is 1.24. The Hall–Kier alpha value is -1.95. The summed E-state index contributed by atoms with van der Waals surface area (Å²) in [5.74, 6) is 0.863. The maximum atomic E-state index is 11.3. The molecule has 2 aromatic rings. The van der Waals surface area contributed by atoms with E-state index in [2.05, 4.69) is 20.5 Å². The van der Waals surface area contributed by atoms with Gasteiger partial charge in [-0.1, -0.05) is 0 Å². The van der Waals surface area contributed by atoms with Gasteiger partial charge in [-0.25, -0.2) is 4.98 Å². The van der Waals surface area contributed by atoms with Crippen molar-refractivity contribution in [2.75, 3.05) is 11.2 Å². The summed E-state index contributed by atoms with van der Waals surface area (Å²) in [4.78, 5) is 15.4. The zero-order valence-corrected chi connectivity index (χ0v) is 9.63. The minimum atomic E-state index is -0.126. The summed E-state index contributed by atoms with van der Waals surface area (Å²) in [7, 11) is 0. The minimum absolute atomic E-state index is 0.126. The molecular weight excluding hydrogens is 242 g/mol. The first-order valence-corrected chi connectivity index (χ1v) is 5.50. The molecule has 0 saturated carbocycles. The van der Waals surface area contributed by atoms with Gasteiger partial charge in [0, 0.05) is 12.3 Å². The van der Waals surface area contributed by atoms with Crippen molar-refractivity contribution in [2.45, 2.75) is 6.42 Å². The van der Waals surface area contributed by atoms with Gasteiger partial charge in [-0.05, 0) is 12.1 Å². The van der Waals surface area contributed by atoms with Crippen LogP contribution in [0.4, 0.5) is 5.69 Å². The number of nitrogens with zero attached hydrogens (tertiary/aromatic N) is 4. The quantitative estimate of drug-likeness (QED) is 0.830. The molecule has 0 aromatic carbocycles. The molecule has 17 heavy (non-hydrogen) atoms. The van der Waals surface area contributed by atoms with Gasteiger partial charge in [0.15, 0.2) is 0 Å². The first-order valence-electron chi connectivity index (χ1n) is 4.96. The summed E-state index contributed by atoms with van der Waals surface area (Å²) >= 11 is 5.46. The number of anilines is 1. The fourth-order valence-corrected chi connectivity index (χ4v) is 1.41. The highest BCUT2D eigenvalue weighted by Gasteiger charge is 2.02. The summed E-state index contributed by atoms with van der Waals surface area (Å²) in [6.45, 7) is 0. The van der Waals surface area contributed by atoms with E-state index in [0.717, 1.165) is 0 Å². The molecule has 0 atom stereocenters. The van der Waals surface area contributed by atoms with Crippen LogP contribution in [0.5, 0.6) is 0 Å². The maximum absolute atomic E-state index is 11.3. The summed E-state index contributed by atoms with van der Waals surface area (Å²) in [6.07, 6.45) is 4.96. The van der Waals surface area contributed by atoms with Crippen molar-refractivity contribution in [1.29, 1.82) is 0 Å². The number of pyridine rings is 1. The summed E-state index contributed by atoms with van der Waals surface area (Å²) in [6, 6.07) is 3.52. The van der Waals surface area contributed by atoms with Crippen LogP contribution in [-0.2, 0) is 4.79 Å². The maximum Gasteiger partial charge on any atom is 0.225 e. The van der Waals surface area contributed by atoms with Crippen LogP contribution in [0, 0.1) is 0 Å². The van der Waals surface area contributed by atoms with E-state index in [9.17, 15) is 4.79 Å². The second-order valence-corrected chi connectivity index (χ2v) is 3.64. The van der Waals surface area contributed by atoms with Gasteiger partial charge in [0.2, 0.25) is 5.91 Å². The van der Waals surface area contributed by atoms with Crippen LogP contribution in [0.15, 0.2) is 31.0 Å². The first-order chi connectivity index (χ1) is 8.29. The molecule has 2 heterocycles. The average molecular weight is 252 g/mol. The van der Waals surface area contributed by atoms with Crippen molar-refractivity contribution < 1.29 is 4.79 Å². The molecule has 2 rings (SSSR count).